The van der Waals surface area contributed by atoms with E-state index in [-0.39, 0.29) is 18.6 Å². The maximum atomic E-state index is 11.8. The third kappa shape index (κ3) is 3.96. The summed E-state index contributed by atoms with van der Waals surface area (Å²) in [6.07, 6.45) is 3.28. The van der Waals surface area contributed by atoms with Crippen LogP contribution in [0.25, 0.3) is 0 Å². The number of nitrogens with two attached hydrogens (primary N) is 1. The zero-order valence-electron chi connectivity index (χ0n) is 11.4. The van der Waals surface area contributed by atoms with Gasteiger partial charge in [-0.1, -0.05) is 18.6 Å². The number of benzene rings is 1. The minimum Gasteiger partial charge on any atom is -0.484 e. The average Bonchev–Trinajstić information content (AvgIpc) is 2.84. The second-order valence-electron chi connectivity index (χ2n) is 5.21. The van der Waals surface area contributed by atoms with Crippen LogP contribution in [0.2, 0.25) is 0 Å². The Hall–Kier alpha value is -1.55. The summed E-state index contributed by atoms with van der Waals surface area (Å²) in [6.45, 7) is 2.71. The SMILES string of the molecule is Cc1cccc(OCC(=O)NC2CCCC2CN)c1. The molecule has 0 radical (unpaired) electrons. The molecule has 2 rings (SSSR count). The maximum Gasteiger partial charge on any atom is 0.258 e. The number of nitrogens with one attached hydrogen (secondary N) is 1. The zero-order valence-corrected chi connectivity index (χ0v) is 11.4. The number of hydrogen-bond donors (Lipinski definition) is 2. The van der Waals surface area contributed by atoms with E-state index in [4.69, 9.17) is 10.5 Å². The molecule has 1 aromatic carbocycles. The molecule has 4 heteroatoms. The average molecular weight is 262 g/mol. The molecule has 2 unspecified atom stereocenters. The molecule has 1 saturated carbocycles. The number of carbonyl (C=O) groups is 1. The first-order valence-electron chi connectivity index (χ1n) is 6.88. The Bertz CT molecular complexity index is 434. The van der Waals surface area contributed by atoms with Gasteiger partial charge in [-0.25, -0.2) is 0 Å². The molecule has 3 N–H and O–H groups in total. The number of amides is 1. The van der Waals surface area contributed by atoms with Crippen LogP contribution in [0, 0.1) is 12.8 Å². The molecule has 0 saturated heterocycles. The van der Waals surface area contributed by atoms with E-state index in [2.05, 4.69) is 5.32 Å². The zero-order chi connectivity index (χ0) is 13.7. The van der Waals surface area contributed by atoms with Crippen LogP contribution in [0.15, 0.2) is 24.3 Å². The third-order valence-corrected chi connectivity index (χ3v) is 3.67. The normalized spacial score (nSPS) is 22.2. The Kier molecular flexibility index (Phi) is 4.80. The summed E-state index contributed by atoms with van der Waals surface area (Å²) in [5.41, 5.74) is 6.82. The molecule has 104 valence electrons. The summed E-state index contributed by atoms with van der Waals surface area (Å²) >= 11 is 0. The highest BCUT2D eigenvalue weighted by Gasteiger charge is 2.27. The van der Waals surface area contributed by atoms with Crippen LogP contribution in [0.3, 0.4) is 0 Å². The Morgan fingerprint density at radius 2 is 2.32 bits per heavy atom. The van der Waals surface area contributed by atoms with Crippen LogP contribution in [-0.2, 0) is 4.79 Å². The summed E-state index contributed by atoms with van der Waals surface area (Å²) < 4.78 is 5.48. The summed E-state index contributed by atoms with van der Waals surface area (Å²) in [6, 6.07) is 7.92. The molecule has 0 aliphatic heterocycles. The fourth-order valence-electron chi connectivity index (χ4n) is 2.61. The van der Waals surface area contributed by atoms with Crippen molar-refractivity contribution >= 4 is 5.91 Å². The van der Waals surface area contributed by atoms with Gasteiger partial charge in [0, 0.05) is 6.04 Å². The second-order valence-corrected chi connectivity index (χ2v) is 5.21. The first-order valence-corrected chi connectivity index (χ1v) is 6.88. The van der Waals surface area contributed by atoms with E-state index in [1.807, 2.05) is 31.2 Å². The lowest BCUT2D eigenvalue weighted by molar-refractivity contribution is -0.124. The number of hydrogen-bond acceptors (Lipinski definition) is 3. The highest BCUT2D eigenvalue weighted by molar-refractivity contribution is 5.77. The number of ether oxygens (including phenoxy) is 1. The van der Waals surface area contributed by atoms with Gasteiger partial charge in [0.2, 0.25) is 0 Å². The standard InChI is InChI=1S/C15H22N2O2/c1-11-4-2-6-13(8-11)19-10-15(18)17-14-7-3-5-12(14)9-16/h2,4,6,8,12,14H,3,5,7,9-10,16H2,1H3,(H,17,18). The van der Waals surface area contributed by atoms with E-state index >= 15 is 0 Å². The number of rotatable bonds is 5. The number of carbonyl (C=O) groups excluding carboxylic acids is 1. The van der Waals surface area contributed by atoms with Crippen molar-refractivity contribution in [2.24, 2.45) is 11.7 Å². The highest BCUT2D eigenvalue weighted by atomic mass is 16.5. The second kappa shape index (κ2) is 6.57. The molecule has 1 amide bonds. The largest absolute Gasteiger partial charge is 0.484 e. The van der Waals surface area contributed by atoms with Crippen LogP contribution in [0.4, 0.5) is 0 Å². The van der Waals surface area contributed by atoms with Gasteiger partial charge in [-0.05, 0) is 49.9 Å². The molecule has 1 aliphatic rings. The molecule has 19 heavy (non-hydrogen) atoms. The van der Waals surface area contributed by atoms with Crippen molar-refractivity contribution in [1.29, 1.82) is 0 Å². The van der Waals surface area contributed by atoms with E-state index in [0.29, 0.717) is 12.5 Å². The Morgan fingerprint density at radius 1 is 1.47 bits per heavy atom. The summed E-state index contributed by atoms with van der Waals surface area (Å²) in [5.74, 6) is 1.09. The lowest BCUT2D eigenvalue weighted by Gasteiger charge is -2.19. The van der Waals surface area contributed by atoms with E-state index in [9.17, 15) is 4.79 Å². The van der Waals surface area contributed by atoms with Crippen LogP contribution < -0.4 is 15.8 Å². The molecule has 0 spiro atoms. The van der Waals surface area contributed by atoms with Crippen molar-refractivity contribution in [2.45, 2.75) is 32.2 Å². The first kappa shape index (κ1) is 13.9. The van der Waals surface area contributed by atoms with Gasteiger partial charge in [-0.2, -0.15) is 0 Å². The van der Waals surface area contributed by atoms with Crippen LogP contribution in [0.1, 0.15) is 24.8 Å². The van der Waals surface area contributed by atoms with E-state index in [1.54, 1.807) is 0 Å². The van der Waals surface area contributed by atoms with Gasteiger partial charge in [-0.3, -0.25) is 4.79 Å². The van der Waals surface area contributed by atoms with Crippen molar-refractivity contribution in [3.8, 4) is 5.75 Å². The van der Waals surface area contributed by atoms with E-state index in [0.717, 1.165) is 30.6 Å². The van der Waals surface area contributed by atoms with Crippen LogP contribution in [-0.4, -0.2) is 25.1 Å². The molecule has 1 aliphatic carbocycles. The van der Waals surface area contributed by atoms with Crippen molar-refractivity contribution in [2.75, 3.05) is 13.2 Å². The van der Waals surface area contributed by atoms with Crippen LogP contribution >= 0.6 is 0 Å². The minimum atomic E-state index is -0.0631. The minimum absolute atomic E-state index is 0.0631. The van der Waals surface area contributed by atoms with Gasteiger partial charge >= 0.3 is 0 Å². The van der Waals surface area contributed by atoms with Gasteiger partial charge in [0.05, 0.1) is 0 Å². The van der Waals surface area contributed by atoms with Gasteiger partial charge in [0.1, 0.15) is 5.75 Å². The molecular weight excluding hydrogens is 240 g/mol. The first-order chi connectivity index (χ1) is 9.19. The Labute approximate surface area is 114 Å². The summed E-state index contributed by atoms with van der Waals surface area (Å²) in [4.78, 5) is 11.8. The predicted octanol–water partition coefficient (Wildman–Crippen LogP) is 1.62. The summed E-state index contributed by atoms with van der Waals surface area (Å²) in [5, 5.41) is 3.02. The summed E-state index contributed by atoms with van der Waals surface area (Å²) in [7, 11) is 0. The predicted molar refractivity (Wildman–Crippen MR) is 75.0 cm³/mol. The van der Waals surface area contributed by atoms with Gasteiger partial charge in [0.15, 0.2) is 6.61 Å². The van der Waals surface area contributed by atoms with Crippen LogP contribution in [0.5, 0.6) is 5.75 Å². The topological polar surface area (TPSA) is 64.3 Å². The molecule has 0 bridgehead atoms. The molecule has 1 fully saturated rings. The lowest BCUT2D eigenvalue weighted by atomic mass is 10.0. The number of aryl methyl sites for hydroxylation is 1. The monoisotopic (exact) mass is 262 g/mol. The van der Waals surface area contributed by atoms with Gasteiger partial charge in [-0.15, -0.1) is 0 Å². The van der Waals surface area contributed by atoms with Crippen molar-refractivity contribution in [3.63, 3.8) is 0 Å². The quantitative estimate of drug-likeness (QED) is 0.847. The Morgan fingerprint density at radius 3 is 3.05 bits per heavy atom. The third-order valence-electron chi connectivity index (χ3n) is 3.67. The van der Waals surface area contributed by atoms with E-state index in [1.165, 1.54) is 0 Å². The van der Waals surface area contributed by atoms with Crippen molar-refractivity contribution < 1.29 is 9.53 Å². The lowest BCUT2D eigenvalue weighted by Crippen LogP contribution is -2.42. The molecular formula is C15H22N2O2. The van der Waals surface area contributed by atoms with E-state index < -0.39 is 0 Å². The Balaban J connectivity index is 1.78. The molecule has 1 aromatic rings. The smallest absolute Gasteiger partial charge is 0.258 e. The molecule has 4 nitrogen and oxygen atoms in total. The fourth-order valence-corrected chi connectivity index (χ4v) is 2.61. The maximum absolute atomic E-state index is 11.8. The molecule has 0 aromatic heterocycles. The molecule has 2 atom stereocenters. The molecule has 0 heterocycles. The van der Waals surface area contributed by atoms with Crippen molar-refractivity contribution in [3.05, 3.63) is 29.8 Å². The van der Waals surface area contributed by atoms with Gasteiger partial charge in [0.25, 0.3) is 5.91 Å². The highest BCUT2D eigenvalue weighted by Crippen LogP contribution is 2.24. The fraction of sp³-hybridized carbons (Fsp3) is 0.533. The van der Waals surface area contributed by atoms with Gasteiger partial charge < -0.3 is 15.8 Å². The van der Waals surface area contributed by atoms with Crippen molar-refractivity contribution in [1.82, 2.24) is 5.32 Å².